The molecule has 238 valence electrons. The minimum atomic E-state index is -3.93. The Morgan fingerprint density at radius 1 is 1.02 bits per heavy atom. The number of carbonyl (C=O) groups is 3. The van der Waals surface area contributed by atoms with Crippen molar-refractivity contribution in [3.63, 3.8) is 0 Å². The van der Waals surface area contributed by atoms with Gasteiger partial charge < -0.3 is 19.5 Å². The molecule has 0 aliphatic heterocycles. The van der Waals surface area contributed by atoms with Gasteiger partial charge in [0.2, 0.25) is 0 Å². The number of Topliss-reactive ketones (excluding diaryl/α,β-unsaturated/α-hetero) is 1. The van der Waals surface area contributed by atoms with Crippen LogP contribution in [0, 0.1) is 5.82 Å². The summed E-state index contributed by atoms with van der Waals surface area (Å²) in [6.07, 6.45) is 0.482. The van der Waals surface area contributed by atoms with E-state index in [1.54, 1.807) is 37.4 Å². The Morgan fingerprint density at radius 3 is 2.29 bits per heavy atom. The first kappa shape index (κ1) is 35.0. The van der Waals surface area contributed by atoms with E-state index < -0.39 is 21.8 Å². The summed E-state index contributed by atoms with van der Waals surface area (Å²) in [6.45, 7) is 3.75. The lowest BCUT2D eigenvalue weighted by Crippen LogP contribution is -2.27. The number of halogens is 2. The van der Waals surface area contributed by atoms with Crippen LogP contribution in [0.1, 0.15) is 44.2 Å². The lowest BCUT2D eigenvalue weighted by atomic mass is 10.1. The molecule has 1 aromatic heterocycles. The number of rotatable bonds is 11. The van der Waals surface area contributed by atoms with E-state index in [0.717, 1.165) is 21.7 Å². The molecule has 0 saturated heterocycles. The molecule has 0 amide bonds. The molecular weight excluding hydrogens is 647 g/mol. The van der Waals surface area contributed by atoms with Crippen LogP contribution >= 0.6 is 22.9 Å². The molecule has 0 unspecified atom stereocenters. The number of methoxy groups -OCH3 is 1. The van der Waals surface area contributed by atoms with Crippen molar-refractivity contribution in [2.75, 3.05) is 37.4 Å². The first-order valence-corrected chi connectivity index (χ1v) is 15.8. The molecule has 0 aliphatic carbocycles. The van der Waals surface area contributed by atoms with E-state index in [4.69, 9.17) is 25.8 Å². The number of ether oxygens (including phenoxy) is 3. The number of anilines is 2. The summed E-state index contributed by atoms with van der Waals surface area (Å²) in [5.41, 5.74) is 1.48. The SMILES string of the molecule is CCOc1ccc(N(C)S(=O)(=O)c2cc(Cl)sc2C=O)cc1OC.CNc1cc(F)cc(C(=O)Oc2ccc(C(C)=O)cc2)c1. The van der Waals surface area contributed by atoms with E-state index in [9.17, 15) is 27.2 Å². The lowest BCUT2D eigenvalue weighted by molar-refractivity contribution is 0.0734. The van der Waals surface area contributed by atoms with Crippen LogP contribution in [-0.2, 0) is 10.0 Å². The van der Waals surface area contributed by atoms with Gasteiger partial charge in [0.15, 0.2) is 23.6 Å². The molecule has 45 heavy (non-hydrogen) atoms. The molecule has 0 atom stereocenters. The highest BCUT2D eigenvalue weighted by atomic mass is 35.5. The second-order valence-electron chi connectivity index (χ2n) is 9.09. The fraction of sp³-hybridized carbons (Fsp3) is 0.194. The second kappa shape index (κ2) is 15.5. The topological polar surface area (TPSA) is 128 Å². The quantitative estimate of drug-likeness (QED) is 0.0795. The van der Waals surface area contributed by atoms with Crippen LogP contribution in [0.5, 0.6) is 17.2 Å². The van der Waals surface area contributed by atoms with Gasteiger partial charge in [-0.15, -0.1) is 11.3 Å². The monoisotopic (exact) mass is 676 g/mol. The smallest absolute Gasteiger partial charge is 0.343 e. The average Bonchev–Trinajstić information content (AvgIpc) is 3.42. The molecular formula is C31H30ClFN2O8S2. The molecule has 14 heteroatoms. The molecule has 0 saturated carbocycles. The Hall–Kier alpha value is -4.46. The zero-order valence-corrected chi connectivity index (χ0v) is 27.3. The molecule has 4 aromatic rings. The highest BCUT2D eigenvalue weighted by molar-refractivity contribution is 7.93. The van der Waals surface area contributed by atoms with Gasteiger partial charge in [-0.1, -0.05) is 11.6 Å². The minimum Gasteiger partial charge on any atom is -0.493 e. The maximum absolute atomic E-state index is 13.4. The number of sulfonamides is 1. The summed E-state index contributed by atoms with van der Waals surface area (Å²) in [6, 6.07) is 16.1. The maximum Gasteiger partial charge on any atom is 0.343 e. The van der Waals surface area contributed by atoms with Crippen LogP contribution in [0.3, 0.4) is 0 Å². The first-order valence-electron chi connectivity index (χ1n) is 13.2. The van der Waals surface area contributed by atoms with E-state index in [2.05, 4.69) is 5.32 Å². The fourth-order valence-corrected chi connectivity index (χ4v) is 6.62. The van der Waals surface area contributed by atoms with Crippen molar-refractivity contribution in [2.45, 2.75) is 18.7 Å². The van der Waals surface area contributed by atoms with Crippen LogP contribution in [-0.4, -0.2) is 54.3 Å². The Bertz CT molecular complexity index is 1790. The highest BCUT2D eigenvalue weighted by Gasteiger charge is 2.27. The van der Waals surface area contributed by atoms with Crippen LogP contribution in [0.2, 0.25) is 4.34 Å². The zero-order chi connectivity index (χ0) is 33.3. The summed E-state index contributed by atoms with van der Waals surface area (Å²) >= 11 is 6.76. The molecule has 3 aromatic carbocycles. The molecule has 10 nitrogen and oxygen atoms in total. The molecule has 0 radical (unpaired) electrons. The van der Waals surface area contributed by atoms with E-state index in [0.29, 0.717) is 47.1 Å². The van der Waals surface area contributed by atoms with E-state index in [1.165, 1.54) is 51.4 Å². The minimum absolute atomic E-state index is 0.0600. The number of carbonyl (C=O) groups excluding carboxylic acids is 3. The standard InChI is InChI=1S/C16H14FNO3.C15H16ClNO5S2/c1-10(19)11-3-5-15(6-4-11)21-16(20)12-7-13(17)9-14(8-12)18-2;1-4-22-11-6-5-10(7-12(11)21-3)17(2)24(19,20)14-8-15(16)23-13(14)9-18/h3-9,18H,1-2H3;5-9H,4H2,1-3H3. The van der Waals surface area contributed by atoms with Gasteiger partial charge >= 0.3 is 5.97 Å². The van der Waals surface area contributed by atoms with Crippen molar-refractivity contribution in [2.24, 2.45) is 0 Å². The van der Waals surface area contributed by atoms with Gasteiger partial charge in [0, 0.05) is 31.4 Å². The van der Waals surface area contributed by atoms with Crippen LogP contribution in [0.25, 0.3) is 0 Å². The number of hydrogen-bond acceptors (Lipinski definition) is 10. The van der Waals surface area contributed by atoms with Crippen molar-refractivity contribution in [3.05, 3.63) is 92.9 Å². The van der Waals surface area contributed by atoms with Gasteiger partial charge in [0.1, 0.15) is 16.5 Å². The number of aldehydes is 1. The summed E-state index contributed by atoms with van der Waals surface area (Å²) in [5, 5.41) is 2.76. The Kier molecular flexibility index (Phi) is 12.1. The Labute approximate surface area is 269 Å². The van der Waals surface area contributed by atoms with Crippen LogP contribution in [0.15, 0.2) is 71.6 Å². The molecule has 0 aliphatic rings. The molecule has 4 rings (SSSR count). The first-order chi connectivity index (χ1) is 21.3. The predicted octanol–water partition coefficient (Wildman–Crippen LogP) is 6.74. The lowest BCUT2D eigenvalue weighted by Gasteiger charge is -2.20. The number of thiophene rings is 1. The van der Waals surface area contributed by atoms with Gasteiger partial charge in [-0.2, -0.15) is 0 Å². The van der Waals surface area contributed by atoms with E-state index in [-0.39, 0.29) is 25.5 Å². The van der Waals surface area contributed by atoms with Crippen molar-refractivity contribution < 1.29 is 41.4 Å². The number of benzene rings is 3. The number of nitrogens with one attached hydrogen (secondary N) is 1. The fourth-order valence-electron chi connectivity index (χ4n) is 3.83. The van der Waals surface area contributed by atoms with Crippen molar-refractivity contribution in [3.8, 4) is 17.2 Å². The normalized spacial score (nSPS) is 10.6. The molecule has 0 spiro atoms. The van der Waals surface area contributed by atoms with Crippen molar-refractivity contribution in [1.82, 2.24) is 0 Å². The summed E-state index contributed by atoms with van der Waals surface area (Å²) in [5.74, 6) is -0.0451. The third-order valence-corrected chi connectivity index (χ3v) is 9.29. The highest BCUT2D eigenvalue weighted by Crippen LogP contribution is 2.36. The Morgan fingerprint density at radius 2 is 1.71 bits per heavy atom. The largest absolute Gasteiger partial charge is 0.493 e. The van der Waals surface area contributed by atoms with Crippen molar-refractivity contribution in [1.29, 1.82) is 0 Å². The Balaban J connectivity index is 0.000000248. The summed E-state index contributed by atoms with van der Waals surface area (Å²) in [7, 11) is 0.562. The van der Waals surface area contributed by atoms with Gasteiger partial charge in [-0.25, -0.2) is 17.6 Å². The summed E-state index contributed by atoms with van der Waals surface area (Å²) < 4.78 is 56.0. The number of esters is 1. The van der Waals surface area contributed by atoms with E-state index in [1.807, 2.05) is 6.92 Å². The summed E-state index contributed by atoms with van der Waals surface area (Å²) in [4.78, 5) is 34.2. The van der Waals surface area contributed by atoms with Gasteiger partial charge in [0.05, 0.1) is 34.2 Å². The predicted molar refractivity (Wildman–Crippen MR) is 172 cm³/mol. The number of hydrogen-bond donors (Lipinski definition) is 1. The second-order valence-corrected chi connectivity index (χ2v) is 12.7. The third-order valence-electron chi connectivity index (χ3n) is 6.14. The average molecular weight is 677 g/mol. The molecule has 1 N–H and O–H groups in total. The maximum atomic E-state index is 13.4. The van der Waals surface area contributed by atoms with Crippen molar-refractivity contribution >= 4 is 62.4 Å². The van der Waals surface area contributed by atoms with E-state index >= 15 is 0 Å². The zero-order valence-electron chi connectivity index (χ0n) is 24.9. The number of ketones is 1. The van der Waals surface area contributed by atoms with Crippen LogP contribution in [0.4, 0.5) is 15.8 Å². The van der Waals surface area contributed by atoms with Crippen LogP contribution < -0.4 is 23.8 Å². The van der Waals surface area contributed by atoms with Gasteiger partial charge in [-0.3, -0.25) is 13.9 Å². The third kappa shape index (κ3) is 8.81. The number of nitrogens with zero attached hydrogens (tertiary/aromatic N) is 1. The van der Waals surface area contributed by atoms with Gasteiger partial charge in [-0.05, 0) is 74.5 Å². The molecule has 0 bridgehead atoms. The van der Waals surface area contributed by atoms with Gasteiger partial charge in [0.25, 0.3) is 10.0 Å². The molecule has 1 heterocycles. The molecule has 0 fully saturated rings.